The van der Waals surface area contributed by atoms with E-state index < -0.39 is 0 Å². The summed E-state index contributed by atoms with van der Waals surface area (Å²) in [7, 11) is 0. The highest BCUT2D eigenvalue weighted by Crippen LogP contribution is 2.19. The lowest BCUT2D eigenvalue weighted by Gasteiger charge is -2.08. The van der Waals surface area contributed by atoms with Crippen molar-refractivity contribution in [3.8, 4) is 5.75 Å². The summed E-state index contributed by atoms with van der Waals surface area (Å²) >= 11 is 5.88. The van der Waals surface area contributed by atoms with Gasteiger partial charge in [0.25, 0.3) is 5.91 Å². The van der Waals surface area contributed by atoms with E-state index >= 15 is 0 Å². The Morgan fingerprint density at radius 3 is 2.64 bits per heavy atom. The minimum absolute atomic E-state index is 0.271. The number of rotatable bonds is 5. The first-order valence-electron chi connectivity index (χ1n) is 7.60. The minimum Gasteiger partial charge on any atom is -0.489 e. The molecule has 0 bridgehead atoms. The number of carbonyl (C=O) groups is 1. The van der Waals surface area contributed by atoms with Crippen LogP contribution in [-0.4, -0.2) is 16.0 Å². The highest BCUT2D eigenvalue weighted by molar-refractivity contribution is 6.30. The van der Waals surface area contributed by atoms with E-state index in [0.717, 1.165) is 17.0 Å². The number of ether oxygens (including phenoxy) is 1. The Labute approximate surface area is 149 Å². The van der Waals surface area contributed by atoms with E-state index in [9.17, 15) is 4.79 Å². The average Bonchev–Trinajstić information content (AvgIpc) is 2.92. The van der Waals surface area contributed by atoms with Crippen LogP contribution in [0.4, 0.5) is 5.82 Å². The maximum absolute atomic E-state index is 12.2. The van der Waals surface area contributed by atoms with E-state index in [1.165, 1.54) is 6.20 Å². The second kappa shape index (κ2) is 7.36. The van der Waals surface area contributed by atoms with Gasteiger partial charge >= 0.3 is 0 Å². The van der Waals surface area contributed by atoms with Gasteiger partial charge in [0.2, 0.25) is 0 Å². The number of pyridine rings is 1. The van der Waals surface area contributed by atoms with Gasteiger partial charge < -0.3 is 14.6 Å². The summed E-state index contributed by atoms with van der Waals surface area (Å²) in [6.07, 6.45) is 1.53. The Hall–Kier alpha value is -2.86. The maximum atomic E-state index is 12.2. The van der Waals surface area contributed by atoms with Gasteiger partial charge in [-0.15, -0.1) is 0 Å². The summed E-state index contributed by atoms with van der Waals surface area (Å²) in [5.74, 6) is 1.52. The highest BCUT2D eigenvalue weighted by atomic mass is 35.5. The summed E-state index contributed by atoms with van der Waals surface area (Å²) in [5, 5.41) is 7.09. The van der Waals surface area contributed by atoms with E-state index in [2.05, 4.69) is 15.5 Å². The van der Waals surface area contributed by atoms with Crippen LogP contribution in [-0.2, 0) is 6.61 Å². The summed E-state index contributed by atoms with van der Waals surface area (Å²) in [5.41, 5.74) is 2.22. The van der Waals surface area contributed by atoms with E-state index in [4.69, 9.17) is 20.9 Å². The van der Waals surface area contributed by atoms with Crippen molar-refractivity contribution in [3.05, 3.63) is 70.2 Å². The number of hydrogen-bond acceptors (Lipinski definition) is 5. The molecule has 2 heterocycles. The predicted molar refractivity (Wildman–Crippen MR) is 94.0 cm³/mol. The van der Waals surface area contributed by atoms with Gasteiger partial charge in [-0.05, 0) is 50.2 Å². The lowest BCUT2D eigenvalue weighted by atomic mass is 10.2. The third-order valence-electron chi connectivity index (χ3n) is 3.64. The van der Waals surface area contributed by atoms with Gasteiger partial charge in [0.1, 0.15) is 23.9 Å². The van der Waals surface area contributed by atoms with Crippen molar-refractivity contribution in [1.82, 2.24) is 10.1 Å². The quantitative estimate of drug-likeness (QED) is 0.741. The van der Waals surface area contributed by atoms with Crippen LogP contribution in [0.1, 0.15) is 27.4 Å². The molecule has 0 saturated carbocycles. The standard InChI is InChI=1S/C18H16ClN3O3/c1-11-16(12(2)25-22-11)10-24-15-5-3-13(4-6-15)18(23)21-17-9-14(19)7-8-20-17/h3-9H,10H2,1-2H3,(H,20,21,23). The second-order valence-corrected chi connectivity index (χ2v) is 5.87. The summed E-state index contributed by atoms with van der Waals surface area (Å²) in [6.45, 7) is 4.07. The highest BCUT2D eigenvalue weighted by Gasteiger charge is 2.11. The van der Waals surface area contributed by atoms with E-state index in [1.807, 2.05) is 13.8 Å². The molecule has 0 aliphatic rings. The number of benzene rings is 1. The van der Waals surface area contributed by atoms with Crippen molar-refractivity contribution in [2.45, 2.75) is 20.5 Å². The number of hydrogen-bond donors (Lipinski definition) is 1. The SMILES string of the molecule is Cc1noc(C)c1COc1ccc(C(=O)Nc2cc(Cl)ccn2)cc1. The fraction of sp³-hybridized carbons (Fsp3) is 0.167. The maximum Gasteiger partial charge on any atom is 0.256 e. The lowest BCUT2D eigenvalue weighted by molar-refractivity contribution is 0.102. The molecule has 7 heteroatoms. The number of halogens is 1. The summed E-state index contributed by atoms with van der Waals surface area (Å²) in [4.78, 5) is 16.3. The molecule has 1 N–H and O–H groups in total. The zero-order chi connectivity index (χ0) is 17.8. The van der Waals surface area contributed by atoms with Crippen molar-refractivity contribution < 1.29 is 14.1 Å². The number of aryl methyl sites for hydroxylation is 2. The van der Waals surface area contributed by atoms with Gasteiger partial charge in [-0.2, -0.15) is 0 Å². The van der Waals surface area contributed by atoms with Crippen LogP contribution in [0.25, 0.3) is 0 Å². The molecule has 0 fully saturated rings. The van der Waals surface area contributed by atoms with Crippen LogP contribution in [0.3, 0.4) is 0 Å². The van der Waals surface area contributed by atoms with Crippen molar-refractivity contribution in [2.24, 2.45) is 0 Å². The number of aromatic nitrogens is 2. The molecule has 1 aromatic carbocycles. The van der Waals surface area contributed by atoms with Crippen molar-refractivity contribution in [1.29, 1.82) is 0 Å². The first-order chi connectivity index (χ1) is 12.0. The molecular formula is C18H16ClN3O3. The molecule has 3 rings (SSSR count). The fourth-order valence-corrected chi connectivity index (χ4v) is 2.39. The van der Waals surface area contributed by atoms with Crippen LogP contribution in [0.15, 0.2) is 47.1 Å². The molecule has 6 nitrogen and oxygen atoms in total. The van der Waals surface area contributed by atoms with E-state index in [1.54, 1.807) is 36.4 Å². The molecule has 128 valence electrons. The number of anilines is 1. The van der Waals surface area contributed by atoms with Crippen LogP contribution < -0.4 is 10.1 Å². The first-order valence-corrected chi connectivity index (χ1v) is 7.98. The van der Waals surface area contributed by atoms with Gasteiger partial charge in [-0.1, -0.05) is 16.8 Å². The first kappa shape index (κ1) is 17.0. The van der Waals surface area contributed by atoms with Crippen molar-refractivity contribution in [2.75, 3.05) is 5.32 Å². The Kier molecular flexibility index (Phi) is 5.00. The Morgan fingerprint density at radius 1 is 1.24 bits per heavy atom. The summed E-state index contributed by atoms with van der Waals surface area (Å²) in [6, 6.07) is 10.1. The van der Waals surface area contributed by atoms with Crippen molar-refractivity contribution >= 4 is 23.3 Å². The molecule has 0 spiro atoms. The largest absolute Gasteiger partial charge is 0.489 e. The van der Waals surface area contributed by atoms with E-state index in [0.29, 0.717) is 28.8 Å². The third-order valence-corrected chi connectivity index (χ3v) is 3.88. The molecular weight excluding hydrogens is 342 g/mol. The average molecular weight is 358 g/mol. The smallest absolute Gasteiger partial charge is 0.256 e. The summed E-state index contributed by atoms with van der Waals surface area (Å²) < 4.78 is 10.8. The molecule has 0 unspecified atom stereocenters. The Balaban J connectivity index is 1.62. The van der Waals surface area contributed by atoms with Crippen molar-refractivity contribution in [3.63, 3.8) is 0 Å². The Bertz CT molecular complexity index is 871. The molecule has 1 amide bonds. The fourth-order valence-electron chi connectivity index (χ4n) is 2.23. The van der Waals surface area contributed by atoms with E-state index in [-0.39, 0.29) is 5.91 Å². The van der Waals surface area contributed by atoms with Crippen LogP contribution in [0, 0.1) is 13.8 Å². The molecule has 25 heavy (non-hydrogen) atoms. The molecule has 3 aromatic rings. The number of carbonyl (C=O) groups excluding carboxylic acids is 1. The monoisotopic (exact) mass is 357 g/mol. The lowest BCUT2D eigenvalue weighted by Crippen LogP contribution is -2.12. The Morgan fingerprint density at radius 2 is 2.00 bits per heavy atom. The number of amides is 1. The molecule has 0 aliphatic heterocycles. The molecule has 0 aliphatic carbocycles. The molecule has 0 saturated heterocycles. The number of nitrogens with one attached hydrogen (secondary N) is 1. The third kappa shape index (κ3) is 4.16. The van der Waals surface area contributed by atoms with Gasteiger partial charge in [-0.3, -0.25) is 4.79 Å². The van der Waals surface area contributed by atoms with Gasteiger partial charge in [-0.25, -0.2) is 4.98 Å². The van der Waals surface area contributed by atoms with Gasteiger partial charge in [0.15, 0.2) is 0 Å². The van der Waals surface area contributed by atoms with Crippen LogP contribution in [0.2, 0.25) is 5.02 Å². The zero-order valence-electron chi connectivity index (χ0n) is 13.7. The normalized spacial score (nSPS) is 10.5. The molecule has 0 atom stereocenters. The van der Waals surface area contributed by atoms with Gasteiger partial charge in [0, 0.05) is 16.8 Å². The predicted octanol–water partition coefficient (Wildman–Crippen LogP) is 4.17. The zero-order valence-corrected chi connectivity index (χ0v) is 14.5. The second-order valence-electron chi connectivity index (χ2n) is 5.43. The molecule has 0 radical (unpaired) electrons. The number of nitrogens with zero attached hydrogens (tertiary/aromatic N) is 2. The topological polar surface area (TPSA) is 77.2 Å². The van der Waals surface area contributed by atoms with Crippen LogP contribution in [0.5, 0.6) is 5.75 Å². The molecule has 2 aromatic heterocycles. The van der Waals surface area contributed by atoms with Crippen LogP contribution >= 0.6 is 11.6 Å². The van der Waals surface area contributed by atoms with Gasteiger partial charge in [0.05, 0.1) is 11.3 Å². The minimum atomic E-state index is -0.271.